The summed E-state index contributed by atoms with van der Waals surface area (Å²) >= 11 is 0. The number of ether oxygens (including phenoxy) is 2. The van der Waals surface area contributed by atoms with E-state index >= 15 is 0 Å². The van der Waals surface area contributed by atoms with Crippen LogP contribution in [0.25, 0.3) is 33.3 Å². The fourth-order valence-corrected chi connectivity index (χ4v) is 5.40. The van der Waals surface area contributed by atoms with Crippen molar-refractivity contribution >= 4 is 28.7 Å². The number of carbonyl (C=O) groups is 3. The highest BCUT2D eigenvalue weighted by Gasteiger charge is 2.37. The molecule has 5 rings (SSSR count). The summed E-state index contributed by atoms with van der Waals surface area (Å²) in [7, 11) is 0. The number of aromatic nitrogens is 2. The molecule has 4 aromatic rings. The van der Waals surface area contributed by atoms with Gasteiger partial charge in [-0.25, -0.2) is 15.6 Å². The van der Waals surface area contributed by atoms with Crippen LogP contribution in [0.3, 0.4) is 0 Å². The van der Waals surface area contributed by atoms with E-state index in [1.807, 2.05) is 48.5 Å². The average molecular weight is 626 g/mol. The first-order chi connectivity index (χ1) is 22.1. The molecule has 2 aromatic heterocycles. The number of rotatable bonds is 10. The number of unbranched alkanes of at least 4 members (excludes halogenated alkanes) is 1. The van der Waals surface area contributed by atoms with Crippen molar-refractivity contribution in [3.8, 4) is 28.1 Å². The molecule has 0 radical (unpaired) electrons. The third-order valence-corrected chi connectivity index (χ3v) is 7.67. The van der Waals surface area contributed by atoms with Gasteiger partial charge in [0.05, 0.1) is 23.4 Å². The van der Waals surface area contributed by atoms with E-state index in [0.717, 1.165) is 28.9 Å². The zero-order valence-corrected chi connectivity index (χ0v) is 26.3. The number of hydrazine groups is 1. The van der Waals surface area contributed by atoms with Crippen molar-refractivity contribution in [3.05, 3.63) is 78.1 Å². The summed E-state index contributed by atoms with van der Waals surface area (Å²) in [5, 5.41) is 9.35. The molecule has 3 heterocycles. The molecule has 0 saturated carbocycles. The summed E-state index contributed by atoms with van der Waals surface area (Å²) in [6.45, 7) is 6.49. The highest BCUT2D eigenvalue weighted by Crippen LogP contribution is 2.30. The number of nitrogens with one attached hydrogen (secondary N) is 1. The van der Waals surface area contributed by atoms with Crippen LogP contribution in [-0.2, 0) is 9.53 Å². The molecule has 0 bridgehead atoms. The van der Waals surface area contributed by atoms with E-state index in [0.29, 0.717) is 49.0 Å². The van der Waals surface area contributed by atoms with Crippen LogP contribution in [0.1, 0.15) is 67.3 Å². The summed E-state index contributed by atoms with van der Waals surface area (Å²) < 4.78 is 11.3. The molecule has 0 spiro atoms. The van der Waals surface area contributed by atoms with Crippen LogP contribution >= 0.6 is 0 Å². The second kappa shape index (κ2) is 14.1. The Kier molecular flexibility index (Phi) is 9.93. The van der Waals surface area contributed by atoms with Crippen molar-refractivity contribution in [1.29, 1.82) is 0 Å². The third-order valence-electron chi connectivity index (χ3n) is 7.67. The number of nitrogen functional groups attached to an aromatic ring is 1. The van der Waals surface area contributed by atoms with Gasteiger partial charge in [-0.15, -0.1) is 0 Å². The van der Waals surface area contributed by atoms with Gasteiger partial charge in [-0.3, -0.25) is 20.0 Å². The first-order valence-electron chi connectivity index (χ1n) is 15.4. The molecule has 11 heteroatoms. The Hall–Kier alpha value is -4.87. The second-order valence-corrected chi connectivity index (χ2v) is 12.2. The van der Waals surface area contributed by atoms with Crippen molar-refractivity contribution in [1.82, 2.24) is 20.3 Å². The fourth-order valence-electron chi connectivity index (χ4n) is 5.40. The number of benzene rings is 2. The van der Waals surface area contributed by atoms with E-state index in [-0.39, 0.29) is 17.9 Å². The number of carbonyl (C=O) groups excluding carboxylic acids is 3. The standard InChI is InChI=1S/C35H39N5O6/c1-35(2,3)46-34(44)31-7-6-16-40(31)33(43)30-20-29-27(21-37-30)26(32(42)39-36)19-28(38-29)24-10-8-22(9-11-24)23-12-14-25(15-13-23)45-18-5-4-17-41/h8-15,19-21,31,41H,4-7,16-18,36H2,1-3H3,(H,39,42)/t31-/m1/s1. The Balaban J connectivity index is 1.41. The lowest BCUT2D eigenvalue weighted by Gasteiger charge is -2.27. The van der Waals surface area contributed by atoms with E-state index in [1.54, 1.807) is 32.9 Å². The summed E-state index contributed by atoms with van der Waals surface area (Å²) in [5.41, 5.74) is 5.54. The van der Waals surface area contributed by atoms with Crippen LogP contribution in [0.5, 0.6) is 5.75 Å². The lowest BCUT2D eigenvalue weighted by molar-refractivity contribution is -0.159. The summed E-state index contributed by atoms with van der Waals surface area (Å²) in [5.74, 6) is 4.90. The van der Waals surface area contributed by atoms with Gasteiger partial charge in [0.2, 0.25) is 0 Å². The molecule has 2 amide bonds. The van der Waals surface area contributed by atoms with Crippen molar-refractivity contribution in [2.75, 3.05) is 19.8 Å². The fraction of sp³-hybridized carbons (Fsp3) is 0.343. The normalized spacial score (nSPS) is 14.7. The van der Waals surface area contributed by atoms with Gasteiger partial charge in [0.1, 0.15) is 23.1 Å². The smallest absolute Gasteiger partial charge is 0.329 e. The molecule has 240 valence electrons. The van der Waals surface area contributed by atoms with E-state index in [1.165, 1.54) is 11.1 Å². The largest absolute Gasteiger partial charge is 0.494 e. The molecule has 1 fully saturated rings. The molecule has 11 nitrogen and oxygen atoms in total. The quantitative estimate of drug-likeness (QED) is 0.0749. The number of hydrogen-bond acceptors (Lipinski definition) is 9. The molecule has 1 saturated heterocycles. The van der Waals surface area contributed by atoms with E-state index in [4.69, 9.17) is 25.4 Å². The maximum atomic E-state index is 13.6. The van der Waals surface area contributed by atoms with Gasteiger partial charge in [-0.05, 0) is 81.8 Å². The summed E-state index contributed by atoms with van der Waals surface area (Å²) in [6.07, 6.45) is 4.12. The minimum atomic E-state index is -0.693. The van der Waals surface area contributed by atoms with Gasteiger partial charge in [-0.1, -0.05) is 36.4 Å². The number of amides is 2. The number of aliphatic hydroxyl groups excluding tert-OH is 1. The Bertz CT molecular complexity index is 1720. The Morgan fingerprint density at radius 1 is 1.00 bits per heavy atom. The monoisotopic (exact) mass is 625 g/mol. The molecular weight excluding hydrogens is 586 g/mol. The van der Waals surface area contributed by atoms with Gasteiger partial charge < -0.3 is 19.5 Å². The van der Waals surface area contributed by atoms with Crippen molar-refractivity contribution in [3.63, 3.8) is 0 Å². The second-order valence-electron chi connectivity index (χ2n) is 12.2. The highest BCUT2D eigenvalue weighted by atomic mass is 16.6. The minimum absolute atomic E-state index is 0.114. The molecule has 4 N–H and O–H groups in total. The first kappa shape index (κ1) is 32.5. The van der Waals surface area contributed by atoms with Crippen LogP contribution in [0.4, 0.5) is 0 Å². The number of esters is 1. The number of aliphatic hydroxyl groups is 1. The number of hydrogen-bond donors (Lipinski definition) is 3. The van der Waals surface area contributed by atoms with Gasteiger partial charge in [0, 0.05) is 30.3 Å². The average Bonchev–Trinajstić information content (AvgIpc) is 3.55. The van der Waals surface area contributed by atoms with Crippen LogP contribution in [0.15, 0.2) is 66.9 Å². The Morgan fingerprint density at radius 3 is 2.33 bits per heavy atom. The number of likely N-dealkylation sites (tertiary alicyclic amines) is 1. The maximum Gasteiger partial charge on any atom is 0.329 e. The Labute approximate surface area is 267 Å². The zero-order valence-electron chi connectivity index (χ0n) is 26.3. The number of nitrogens with zero attached hydrogens (tertiary/aromatic N) is 3. The maximum absolute atomic E-state index is 13.6. The third kappa shape index (κ3) is 7.49. The molecule has 1 aliphatic heterocycles. The predicted octanol–water partition coefficient (Wildman–Crippen LogP) is 4.66. The lowest BCUT2D eigenvalue weighted by atomic mass is 10.0. The van der Waals surface area contributed by atoms with Gasteiger partial charge in [0.25, 0.3) is 11.8 Å². The minimum Gasteiger partial charge on any atom is -0.494 e. The molecule has 0 unspecified atom stereocenters. The topological polar surface area (TPSA) is 157 Å². The predicted molar refractivity (Wildman–Crippen MR) is 174 cm³/mol. The van der Waals surface area contributed by atoms with E-state index in [2.05, 4.69) is 10.4 Å². The van der Waals surface area contributed by atoms with Crippen LogP contribution in [-0.4, -0.2) is 69.2 Å². The van der Waals surface area contributed by atoms with E-state index < -0.39 is 29.4 Å². The van der Waals surface area contributed by atoms with Crippen molar-refractivity contribution < 1.29 is 29.0 Å². The van der Waals surface area contributed by atoms with Crippen LogP contribution < -0.4 is 16.0 Å². The number of pyridine rings is 2. The summed E-state index contributed by atoms with van der Waals surface area (Å²) in [4.78, 5) is 49.9. The van der Waals surface area contributed by atoms with Gasteiger partial charge >= 0.3 is 5.97 Å². The van der Waals surface area contributed by atoms with Crippen molar-refractivity contribution in [2.45, 2.75) is 58.1 Å². The number of fused-ring (bicyclic) bond motifs is 1. The molecular formula is C35H39N5O6. The zero-order chi connectivity index (χ0) is 32.8. The SMILES string of the molecule is CC(C)(C)OC(=O)[C@H]1CCCN1C(=O)c1cc2nc(-c3ccc(-c4ccc(OCCCCO)cc4)cc3)cc(C(=O)NN)c2cn1. The first-order valence-corrected chi connectivity index (χ1v) is 15.4. The molecule has 1 atom stereocenters. The molecule has 0 aliphatic carbocycles. The van der Waals surface area contributed by atoms with Crippen molar-refractivity contribution in [2.24, 2.45) is 5.84 Å². The van der Waals surface area contributed by atoms with Gasteiger partial charge in [0.15, 0.2) is 0 Å². The number of nitrogens with two attached hydrogens (primary N) is 1. The highest BCUT2D eigenvalue weighted by molar-refractivity contribution is 6.08. The summed E-state index contributed by atoms with van der Waals surface area (Å²) in [6, 6.07) is 18.0. The van der Waals surface area contributed by atoms with Crippen LogP contribution in [0, 0.1) is 0 Å². The molecule has 46 heavy (non-hydrogen) atoms. The molecule has 1 aliphatic rings. The molecule has 2 aromatic carbocycles. The lowest BCUT2D eigenvalue weighted by Crippen LogP contribution is -2.43. The van der Waals surface area contributed by atoms with Crippen LogP contribution in [0.2, 0.25) is 0 Å². The van der Waals surface area contributed by atoms with E-state index in [9.17, 15) is 14.4 Å². The Morgan fingerprint density at radius 2 is 1.67 bits per heavy atom. The van der Waals surface area contributed by atoms with Gasteiger partial charge in [-0.2, -0.15) is 0 Å².